The summed E-state index contributed by atoms with van der Waals surface area (Å²) >= 11 is 0. The van der Waals surface area contributed by atoms with Crippen LogP contribution in [0.3, 0.4) is 0 Å². The monoisotopic (exact) mass is 414 g/mol. The summed E-state index contributed by atoms with van der Waals surface area (Å²) in [5.74, 6) is 0. The summed E-state index contributed by atoms with van der Waals surface area (Å²) in [5.41, 5.74) is 0. The molecular formula is C20H34N2O7. The number of hydrogen-bond acceptors (Lipinski definition) is 7. The maximum absolute atomic E-state index is 11.2. The highest BCUT2D eigenvalue weighted by atomic mass is 16.6. The van der Waals surface area contributed by atoms with E-state index in [1.165, 1.54) is 6.42 Å². The molecule has 0 aliphatic rings. The first-order valence-corrected chi connectivity index (χ1v) is 10.2. The van der Waals surface area contributed by atoms with E-state index in [0.717, 1.165) is 19.3 Å². The van der Waals surface area contributed by atoms with Gasteiger partial charge in [-0.3, -0.25) is 20.2 Å². The van der Waals surface area contributed by atoms with E-state index in [1.54, 1.807) is 12.2 Å². The van der Waals surface area contributed by atoms with E-state index < -0.39 is 40.6 Å². The van der Waals surface area contributed by atoms with Gasteiger partial charge in [-0.1, -0.05) is 44.1 Å². The fourth-order valence-electron chi connectivity index (χ4n) is 2.93. The number of nitro groups is 2. The summed E-state index contributed by atoms with van der Waals surface area (Å²) in [4.78, 5) is 31.4. The number of aldehydes is 1. The molecule has 9 nitrogen and oxygen atoms in total. The van der Waals surface area contributed by atoms with Crippen molar-refractivity contribution in [3.63, 3.8) is 0 Å². The Hall–Kier alpha value is -2.13. The van der Waals surface area contributed by atoms with Crippen LogP contribution in [0.5, 0.6) is 0 Å². The van der Waals surface area contributed by atoms with Crippen LogP contribution in [0.25, 0.3) is 0 Å². The Morgan fingerprint density at radius 3 is 2.07 bits per heavy atom. The second-order valence-electron chi connectivity index (χ2n) is 7.08. The fraction of sp³-hybridized carbons (Fsp3) is 0.750. The number of hydrogen-bond donors (Lipinski definition) is 2. The third kappa shape index (κ3) is 12.8. The molecule has 0 radical (unpaired) electrons. The minimum atomic E-state index is -1.52. The highest BCUT2D eigenvalue weighted by Gasteiger charge is 2.36. The van der Waals surface area contributed by atoms with Gasteiger partial charge in [-0.2, -0.15) is 0 Å². The maximum atomic E-state index is 11.2. The van der Waals surface area contributed by atoms with Crippen LogP contribution in [0.1, 0.15) is 71.1 Å². The SMILES string of the molecule is CCCCC/C=C\C/C=C\CC(C(O)CC(O)C(CCCC=O)[N+](=O)[O-])[N+](=O)[O-]. The summed E-state index contributed by atoms with van der Waals surface area (Å²) in [6.07, 6.45) is 9.97. The molecule has 0 aliphatic heterocycles. The average Bonchev–Trinajstić information content (AvgIpc) is 2.65. The number of carbonyl (C=O) groups is 1. The van der Waals surface area contributed by atoms with Gasteiger partial charge in [-0.15, -0.1) is 0 Å². The lowest BCUT2D eigenvalue weighted by molar-refractivity contribution is -0.543. The Kier molecular flexibility index (Phi) is 15.6. The van der Waals surface area contributed by atoms with Crippen LogP contribution in [0.15, 0.2) is 24.3 Å². The topological polar surface area (TPSA) is 144 Å². The number of carbonyl (C=O) groups excluding carboxylic acids is 1. The van der Waals surface area contributed by atoms with Crippen molar-refractivity contribution in [1.82, 2.24) is 0 Å². The van der Waals surface area contributed by atoms with E-state index in [1.807, 2.05) is 6.08 Å². The van der Waals surface area contributed by atoms with Crippen LogP contribution in [0, 0.1) is 20.2 Å². The lowest BCUT2D eigenvalue weighted by atomic mass is 9.95. The Balaban J connectivity index is 4.58. The summed E-state index contributed by atoms with van der Waals surface area (Å²) in [6, 6.07) is -2.72. The third-order valence-electron chi connectivity index (χ3n) is 4.69. The Labute approximate surface area is 171 Å². The molecule has 0 bridgehead atoms. The smallest absolute Gasteiger partial charge is 0.242 e. The number of rotatable bonds is 18. The lowest BCUT2D eigenvalue weighted by Crippen LogP contribution is -2.41. The molecule has 0 spiro atoms. The molecule has 0 saturated carbocycles. The number of allylic oxidation sites excluding steroid dienone is 3. The fourth-order valence-corrected chi connectivity index (χ4v) is 2.93. The second kappa shape index (κ2) is 16.8. The standard InChI is InChI=1S/C20H34N2O7/c1-2-3-4-5-6-7-8-9-10-13-17(21(26)27)19(24)16-20(25)18(22(28)29)14-11-12-15-23/h6-7,9-10,15,17-20,24-25H,2-5,8,11-14,16H2,1H3/b7-6-,10-9-. The Morgan fingerprint density at radius 1 is 0.862 bits per heavy atom. The molecule has 0 rings (SSSR count). The molecule has 2 N–H and O–H groups in total. The molecule has 29 heavy (non-hydrogen) atoms. The van der Waals surface area contributed by atoms with Crippen molar-refractivity contribution in [2.45, 2.75) is 95.4 Å². The average molecular weight is 414 g/mol. The molecule has 166 valence electrons. The van der Waals surface area contributed by atoms with Crippen LogP contribution in [0.2, 0.25) is 0 Å². The zero-order chi connectivity index (χ0) is 22.1. The van der Waals surface area contributed by atoms with E-state index in [4.69, 9.17) is 0 Å². The molecule has 0 aromatic rings. The molecule has 4 atom stereocenters. The summed E-state index contributed by atoms with van der Waals surface area (Å²) in [5, 5.41) is 42.6. The zero-order valence-corrected chi connectivity index (χ0v) is 17.1. The van der Waals surface area contributed by atoms with Crippen molar-refractivity contribution < 1.29 is 24.9 Å². The van der Waals surface area contributed by atoms with Crippen molar-refractivity contribution in [2.75, 3.05) is 0 Å². The van der Waals surface area contributed by atoms with Gasteiger partial charge in [0, 0.05) is 35.5 Å². The number of aliphatic hydroxyl groups is 2. The van der Waals surface area contributed by atoms with Crippen molar-refractivity contribution >= 4 is 6.29 Å². The third-order valence-corrected chi connectivity index (χ3v) is 4.69. The van der Waals surface area contributed by atoms with Crippen LogP contribution >= 0.6 is 0 Å². The van der Waals surface area contributed by atoms with Gasteiger partial charge in [0.1, 0.15) is 18.5 Å². The van der Waals surface area contributed by atoms with Crippen LogP contribution in [-0.4, -0.2) is 50.6 Å². The van der Waals surface area contributed by atoms with Gasteiger partial charge in [0.05, 0.1) is 0 Å². The van der Waals surface area contributed by atoms with Gasteiger partial charge in [0.2, 0.25) is 12.1 Å². The predicted molar refractivity (Wildman–Crippen MR) is 110 cm³/mol. The van der Waals surface area contributed by atoms with Gasteiger partial charge >= 0.3 is 0 Å². The normalized spacial score (nSPS) is 16.0. The molecule has 0 aromatic heterocycles. The van der Waals surface area contributed by atoms with Crippen molar-refractivity contribution in [2.24, 2.45) is 0 Å². The summed E-state index contributed by atoms with van der Waals surface area (Å²) in [6.45, 7) is 2.14. The van der Waals surface area contributed by atoms with Gasteiger partial charge in [-0.05, 0) is 25.7 Å². The first kappa shape index (κ1) is 26.9. The largest absolute Gasteiger partial charge is 0.386 e. The summed E-state index contributed by atoms with van der Waals surface area (Å²) < 4.78 is 0. The molecule has 0 amide bonds. The number of unbranched alkanes of at least 4 members (excludes halogenated alkanes) is 4. The van der Waals surface area contributed by atoms with E-state index >= 15 is 0 Å². The van der Waals surface area contributed by atoms with Gasteiger partial charge in [-0.25, -0.2) is 0 Å². The Bertz CT molecular complexity index is 537. The number of aliphatic hydroxyl groups excluding tert-OH is 2. The second-order valence-corrected chi connectivity index (χ2v) is 7.08. The van der Waals surface area contributed by atoms with Crippen molar-refractivity contribution in [1.29, 1.82) is 0 Å². The minimum Gasteiger partial charge on any atom is -0.386 e. The van der Waals surface area contributed by atoms with Gasteiger partial charge in [0.25, 0.3) is 0 Å². The number of nitrogens with zero attached hydrogens (tertiary/aromatic N) is 2. The highest BCUT2D eigenvalue weighted by molar-refractivity contribution is 5.48. The maximum Gasteiger partial charge on any atom is 0.242 e. The molecular weight excluding hydrogens is 380 g/mol. The molecule has 0 aliphatic carbocycles. The molecule has 0 fully saturated rings. The van der Waals surface area contributed by atoms with Gasteiger partial charge < -0.3 is 15.0 Å². The predicted octanol–water partition coefficient (Wildman–Crippen LogP) is 3.23. The van der Waals surface area contributed by atoms with E-state index in [9.17, 15) is 35.2 Å². The van der Waals surface area contributed by atoms with E-state index in [2.05, 4.69) is 13.0 Å². The molecule has 9 heteroatoms. The quantitative estimate of drug-likeness (QED) is 0.115. The summed E-state index contributed by atoms with van der Waals surface area (Å²) in [7, 11) is 0. The molecule has 4 unspecified atom stereocenters. The minimum absolute atomic E-state index is 0.0289. The van der Waals surface area contributed by atoms with Crippen molar-refractivity contribution in [3.8, 4) is 0 Å². The van der Waals surface area contributed by atoms with E-state index in [-0.39, 0.29) is 25.7 Å². The molecule has 0 saturated heterocycles. The highest BCUT2D eigenvalue weighted by Crippen LogP contribution is 2.17. The van der Waals surface area contributed by atoms with Crippen LogP contribution < -0.4 is 0 Å². The first-order chi connectivity index (χ1) is 13.8. The van der Waals surface area contributed by atoms with Gasteiger partial charge in [0.15, 0.2) is 0 Å². The zero-order valence-electron chi connectivity index (χ0n) is 17.1. The lowest BCUT2D eigenvalue weighted by Gasteiger charge is -2.20. The van der Waals surface area contributed by atoms with E-state index in [0.29, 0.717) is 12.7 Å². The molecule has 0 heterocycles. The molecule has 0 aromatic carbocycles. The van der Waals surface area contributed by atoms with Crippen LogP contribution in [0.4, 0.5) is 0 Å². The first-order valence-electron chi connectivity index (χ1n) is 10.2. The van der Waals surface area contributed by atoms with Crippen molar-refractivity contribution in [3.05, 3.63) is 44.5 Å². The van der Waals surface area contributed by atoms with Crippen LogP contribution in [-0.2, 0) is 4.79 Å². The Morgan fingerprint density at radius 2 is 1.48 bits per heavy atom.